The van der Waals surface area contributed by atoms with E-state index in [0.29, 0.717) is 36.2 Å². The molecule has 8 nitrogen and oxygen atoms in total. The van der Waals surface area contributed by atoms with Crippen molar-refractivity contribution >= 4 is 5.91 Å². The van der Waals surface area contributed by atoms with E-state index in [0.717, 1.165) is 24.1 Å². The molecule has 3 aromatic rings. The number of amides is 1. The molecule has 1 aliphatic rings. The van der Waals surface area contributed by atoms with E-state index in [2.05, 4.69) is 20.1 Å². The number of carbonyl (C=O) groups is 1. The summed E-state index contributed by atoms with van der Waals surface area (Å²) in [6, 6.07) is 7.72. The van der Waals surface area contributed by atoms with Crippen LogP contribution < -0.4 is 4.74 Å². The number of benzene rings is 1. The molecule has 1 fully saturated rings. The number of likely N-dealkylation sites (tertiary alicyclic amines) is 1. The van der Waals surface area contributed by atoms with E-state index in [-0.39, 0.29) is 11.8 Å². The highest BCUT2D eigenvalue weighted by Gasteiger charge is 2.30. The Labute approximate surface area is 175 Å². The molecule has 0 bridgehead atoms. The van der Waals surface area contributed by atoms with Gasteiger partial charge in [0.15, 0.2) is 11.9 Å². The number of hydrogen-bond acceptors (Lipinski definition) is 7. The van der Waals surface area contributed by atoms with Gasteiger partial charge in [0, 0.05) is 25.2 Å². The summed E-state index contributed by atoms with van der Waals surface area (Å²) in [6.07, 6.45) is 4.33. The Morgan fingerprint density at radius 2 is 1.87 bits per heavy atom. The van der Waals surface area contributed by atoms with Crippen molar-refractivity contribution in [2.75, 3.05) is 13.1 Å². The smallest absolute Gasteiger partial charge is 0.278 e. The second kappa shape index (κ2) is 8.61. The van der Waals surface area contributed by atoms with Gasteiger partial charge in [0.05, 0.1) is 11.9 Å². The maximum absolute atomic E-state index is 12.8. The fraction of sp³-hybridized carbons (Fsp3) is 0.409. The lowest BCUT2D eigenvalue weighted by Gasteiger charge is -2.32. The van der Waals surface area contributed by atoms with Crippen LogP contribution in [0.4, 0.5) is 0 Å². The van der Waals surface area contributed by atoms with E-state index < -0.39 is 6.10 Å². The first kappa shape index (κ1) is 20.0. The molecule has 1 saturated heterocycles. The van der Waals surface area contributed by atoms with Crippen LogP contribution >= 0.6 is 0 Å². The Bertz CT molecular complexity index is 992. The maximum Gasteiger partial charge on any atom is 0.278 e. The highest BCUT2D eigenvalue weighted by atomic mass is 16.5. The molecule has 1 aliphatic heterocycles. The van der Waals surface area contributed by atoms with E-state index in [4.69, 9.17) is 9.26 Å². The van der Waals surface area contributed by atoms with E-state index in [1.54, 1.807) is 19.3 Å². The molecular weight excluding hydrogens is 382 g/mol. The van der Waals surface area contributed by atoms with Crippen molar-refractivity contribution in [1.82, 2.24) is 25.0 Å². The lowest BCUT2D eigenvalue weighted by molar-refractivity contribution is -0.139. The minimum Gasteiger partial charge on any atom is -0.481 e. The number of nitrogens with zero attached hydrogens (tertiary/aromatic N) is 5. The van der Waals surface area contributed by atoms with Crippen LogP contribution in [0.5, 0.6) is 5.75 Å². The van der Waals surface area contributed by atoms with Crippen LogP contribution in [0.2, 0.25) is 0 Å². The Balaban J connectivity index is 1.32. The van der Waals surface area contributed by atoms with Crippen LogP contribution in [0.3, 0.4) is 0 Å². The van der Waals surface area contributed by atoms with E-state index in [9.17, 15) is 4.79 Å². The van der Waals surface area contributed by atoms with Gasteiger partial charge < -0.3 is 14.2 Å². The number of carbonyl (C=O) groups excluding carboxylic acids is 1. The molecule has 0 unspecified atom stereocenters. The standard InChI is InChI=1S/C22H25N5O3/c1-14-4-6-18(7-5-14)29-16(3)22(28)27-10-8-17(9-11-27)20-25-21(30-26-20)19-13-23-15(2)12-24-19/h4-7,12-13,16-17H,8-11H2,1-3H3/t16-/m0/s1. The maximum atomic E-state index is 12.8. The first-order valence-electron chi connectivity index (χ1n) is 10.1. The van der Waals surface area contributed by atoms with Gasteiger partial charge in [0.25, 0.3) is 11.8 Å². The molecule has 3 heterocycles. The van der Waals surface area contributed by atoms with Gasteiger partial charge >= 0.3 is 0 Å². The zero-order valence-electron chi connectivity index (χ0n) is 17.4. The van der Waals surface area contributed by atoms with Crippen LogP contribution in [-0.2, 0) is 4.79 Å². The van der Waals surface area contributed by atoms with Crippen molar-refractivity contribution in [1.29, 1.82) is 0 Å². The summed E-state index contributed by atoms with van der Waals surface area (Å²) in [6.45, 7) is 6.96. The van der Waals surface area contributed by atoms with Gasteiger partial charge in [-0.05, 0) is 45.7 Å². The minimum absolute atomic E-state index is 0.00208. The highest BCUT2D eigenvalue weighted by molar-refractivity contribution is 5.81. The summed E-state index contributed by atoms with van der Waals surface area (Å²) in [5, 5.41) is 4.12. The van der Waals surface area contributed by atoms with Crippen molar-refractivity contribution in [2.24, 2.45) is 0 Å². The van der Waals surface area contributed by atoms with Crippen LogP contribution in [0.15, 0.2) is 41.2 Å². The summed E-state index contributed by atoms with van der Waals surface area (Å²) < 4.78 is 11.2. The molecule has 2 aromatic heterocycles. The second-order valence-electron chi connectivity index (χ2n) is 7.67. The quantitative estimate of drug-likeness (QED) is 0.640. The molecule has 1 amide bonds. The SMILES string of the molecule is Cc1ccc(O[C@@H](C)C(=O)N2CCC(c3noc(-c4cnc(C)cn4)n3)CC2)cc1. The molecule has 0 radical (unpaired) electrons. The fourth-order valence-corrected chi connectivity index (χ4v) is 3.49. The third-order valence-electron chi connectivity index (χ3n) is 5.30. The molecule has 0 spiro atoms. The van der Waals surface area contributed by atoms with Crippen LogP contribution in [0, 0.1) is 13.8 Å². The third-order valence-corrected chi connectivity index (χ3v) is 5.30. The third kappa shape index (κ3) is 4.48. The zero-order chi connectivity index (χ0) is 21.1. The molecule has 8 heteroatoms. The summed E-state index contributed by atoms with van der Waals surface area (Å²) >= 11 is 0. The number of ether oxygens (including phenoxy) is 1. The van der Waals surface area contributed by atoms with Gasteiger partial charge in [0.1, 0.15) is 11.4 Å². The number of piperidine rings is 1. The van der Waals surface area contributed by atoms with Gasteiger partial charge in [-0.1, -0.05) is 22.9 Å². The average molecular weight is 407 g/mol. The molecule has 0 N–H and O–H groups in total. The van der Waals surface area contributed by atoms with Crippen molar-refractivity contribution < 1.29 is 14.1 Å². The predicted octanol–water partition coefficient (Wildman–Crippen LogP) is 3.32. The lowest BCUT2D eigenvalue weighted by Crippen LogP contribution is -2.44. The summed E-state index contributed by atoms with van der Waals surface area (Å²) in [4.78, 5) is 27.6. The van der Waals surface area contributed by atoms with Crippen molar-refractivity contribution in [3.63, 3.8) is 0 Å². The molecule has 156 valence electrons. The molecule has 30 heavy (non-hydrogen) atoms. The zero-order valence-corrected chi connectivity index (χ0v) is 17.4. The monoisotopic (exact) mass is 407 g/mol. The highest BCUT2D eigenvalue weighted by Crippen LogP contribution is 2.28. The van der Waals surface area contributed by atoms with E-state index in [1.165, 1.54) is 0 Å². The van der Waals surface area contributed by atoms with Gasteiger partial charge in [0.2, 0.25) is 0 Å². The summed E-state index contributed by atoms with van der Waals surface area (Å²) in [7, 11) is 0. The Hall–Kier alpha value is -3.29. The first-order valence-corrected chi connectivity index (χ1v) is 10.1. The predicted molar refractivity (Wildman–Crippen MR) is 110 cm³/mol. The number of hydrogen-bond donors (Lipinski definition) is 0. The molecular formula is C22H25N5O3. The molecule has 0 aliphatic carbocycles. The van der Waals surface area contributed by atoms with Gasteiger partial charge in [-0.3, -0.25) is 9.78 Å². The lowest BCUT2D eigenvalue weighted by atomic mass is 9.96. The van der Waals surface area contributed by atoms with Crippen LogP contribution in [0.1, 0.15) is 42.8 Å². The Morgan fingerprint density at radius 1 is 1.13 bits per heavy atom. The second-order valence-corrected chi connectivity index (χ2v) is 7.67. The normalized spacial score (nSPS) is 15.8. The van der Waals surface area contributed by atoms with Gasteiger partial charge in [-0.2, -0.15) is 4.98 Å². The van der Waals surface area contributed by atoms with Crippen molar-refractivity contribution in [2.45, 2.75) is 45.6 Å². The van der Waals surface area contributed by atoms with E-state index >= 15 is 0 Å². The molecule has 0 saturated carbocycles. The first-order chi connectivity index (χ1) is 14.5. The molecule has 1 atom stereocenters. The topological polar surface area (TPSA) is 94.2 Å². The summed E-state index contributed by atoms with van der Waals surface area (Å²) in [5.41, 5.74) is 2.55. The average Bonchev–Trinajstić information content (AvgIpc) is 3.26. The Morgan fingerprint density at radius 3 is 2.53 bits per heavy atom. The van der Waals surface area contributed by atoms with Gasteiger partial charge in [-0.25, -0.2) is 4.98 Å². The largest absolute Gasteiger partial charge is 0.481 e. The van der Waals surface area contributed by atoms with Crippen molar-refractivity contribution in [3.05, 3.63) is 53.7 Å². The fourth-order valence-electron chi connectivity index (χ4n) is 3.49. The number of rotatable bonds is 5. The van der Waals surface area contributed by atoms with Crippen molar-refractivity contribution in [3.8, 4) is 17.3 Å². The number of aryl methyl sites for hydroxylation is 2. The van der Waals surface area contributed by atoms with Crippen LogP contribution in [-0.4, -0.2) is 50.1 Å². The van der Waals surface area contributed by atoms with Gasteiger partial charge in [-0.15, -0.1) is 0 Å². The minimum atomic E-state index is -0.527. The molecule has 4 rings (SSSR count). The Kier molecular flexibility index (Phi) is 5.74. The van der Waals surface area contributed by atoms with Crippen LogP contribution in [0.25, 0.3) is 11.6 Å². The molecule has 1 aromatic carbocycles. The number of aromatic nitrogens is 4. The summed E-state index contributed by atoms with van der Waals surface area (Å²) in [5.74, 6) is 1.88. The van der Waals surface area contributed by atoms with E-state index in [1.807, 2.05) is 43.0 Å².